The van der Waals surface area contributed by atoms with Crippen molar-refractivity contribution in [2.75, 3.05) is 0 Å². The average molecular weight is 152 g/mol. The van der Waals surface area contributed by atoms with E-state index in [0.29, 0.717) is 15.7 Å². The second kappa shape index (κ2) is 1.95. The zero-order chi connectivity index (χ0) is 7.84. The Morgan fingerprint density at radius 1 is 1.45 bits per heavy atom. The van der Waals surface area contributed by atoms with Crippen molar-refractivity contribution in [1.82, 2.24) is 9.94 Å². The molecule has 0 fully saturated rings. The first-order valence-corrected chi connectivity index (χ1v) is 3.10. The molecular formula is C7H5FN2O. The number of hydrogen-bond acceptors (Lipinski definition) is 2. The topological polar surface area (TPSA) is 38.0 Å². The molecule has 0 spiro atoms. The van der Waals surface area contributed by atoms with E-state index in [4.69, 9.17) is 5.21 Å². The molecule has 0 aliphatic heterocycles. The van der Waals surface area contributed by atoms with Crippen molar-refractivity contribution in [1.29, 1.82) is 0 Å². The minimum Gasteiger partial charge on any atom is -0.411 e. The molecule has 0 bridgehead atoms. The van der Waals surface area contributed by atoms with E-state index in [0.717, 1.165) is 0 Å². The van der Waals surface area contributed by atoms with Crippen LogP contribution in [0.4, 0.5) is 4.39 Å². The van der Waals surface area contributed by atoms with Gasteiger partial charge in [0, 0.05) is 11.5 Å². The minimum atomic E-state index is -0.381. The van der Waals surface area contributed by atoms with Gasteiger partial charge in [-0.3, -0.25) is 0 Å². The second-order valence-corrected chi connectivity index (χ2v) is 2.24. The SMILES string of the molecule is On1ncc2ccc(F)cc21. The number of fused-ring (bicyclic) bond motifs is 1. The molecule has 1 heterocycles. The molecule has 0 amide bonds. The molecule has 0 aliphatic rings. The van der Waals surface area contributed by atoms with E-state index >= 15 is 0 Å². The molecule has 0 radical (unpaired) electrons. The summed E-state index contributed by atoms with van der Waals surface area (Å²) in [5.41, 5.74) is 0.380. The lowest BCUT2D eigenvalue weighted by Gasteiger charge is -1.91. The summed E-state index contributed by atoms with van der Waals surface area (Å²) in [6, 6.07) is 4.11. The van der Waals surface area contributed by atoms with Crippen LogP contribution in [0.3, 0.4) is 0 Å². The Kier molecular flexibility index (Phi) is 1.09. The van der Waals surface area contributed by atoms with Gasteiger partial charge < -0.3 is 5.21 Å². The predicted molar refractivity (Wildman–Crippen MR) is 36.9 cm³/mol. The van der Waals surface area contributed by atoms with Crippen LogP contribution in [-0.4, -0.2) is 15.2 Å². The first kappa shape index (κ1) is 6.15. The number of hydrogen-bond donors (Lipinski definition) is 1. The quantitative estimate of drug-likeness (QED) is 0.579. The highest BCUT2D eigenvalue weighted by Crippen LogP contribution is 2.12. The van der Waals surface area contributed by atoms with Crippen LogP contribution < -0.4 is 0 Å². The molecule has 56 valence electrons. The van der Waals surface area contributed by atoms with Crippen LogP contribution in [0.2, 0.25) is 0 Å². The number of nitrogens with zero attached hydrogens (tertiary/aromatic N) is 2. The highest BCUT2D eigenvalue weighted by atomic mass is 19.1. The maximum Gasteiger partial charge on any atom is 0.125 e. The summed E-state index contributed by atoms with van der Waals surface area (Å²) in [6.07, 6.45) is 1.47. The van der Waals surface area contributed by atoms with Crippen molar-refractivity contribution in [3.63, 3.8) is 0 Å². The summed E-state index contributed by atoms with van der Waals surface area (Å²) in [5, 5.41) is 13.2. The molecular weight excluding hydrogens is 147 g/mol. The Morgan fingerprint density at radius 3 is 3.09 bits per heavy atom. The third kappa shape index (κ3) is 0.832. The molecule has 2 aromatic rings. The first-order valence-electron chi connectivity index (χ1n) is 3.10. The third-order valence-electron chi connectivity index (χ3n) is 1.51. The lowest BCUT2D eigenvalue weighted by molar-refractivity contribution is 0.161. The zero-order valence-electron chi connectivity index (χ0n) is 5.53. The molecule has 0 aliphatic carbocycles. The number of rotatable bonds is 0. The highest BCUT2D eigenvalue weighted by molar-refractivity contribution is 5.77. The van der Waals surface area contributed by atoms with Gasteiger partial charge >= 0.3 is 0 Å². The molecule has 11 heavy (non-hydrogen) atoms. The fourth-order valence-corrected chi connectivity index (χ4v) is 0.978. The van der Waals surface area contributed by atoms with E-state index in [1.165, 1.54) is 18.3 Å². The van der Waals surface area contributed by atoms with Crippen LogP contribution in [-0.2, 0) is 0 Å². The van der Waals surface area contributed by atoms with Crippen LogP contribution >= 0.6 is 0 Å². The second-order valence-electron chi connectivity index (χ2n) is 2.24. The third-order valence-corrected chi connectivity index (χ3v) is 1.51. The van der Waals surface area contributed by atoms with Gasteiger partial charge in [0.05, 0.1) is 6.20 Å². The van der Waals surface area contributed by atoms with E-state index in [9.17, 15) is 4.39 Å². The van der Waals surface area contributed by atoms with Crippen LogP contribution in [0.25, 0.3) is 10.9 Å². The minimum absolute atomic E-state index is 0.380. The van der Waals surface area contributed by atoms with Crippen molar-refractivity contribution in [3.05, 3.63) is 30.2 Å². The summed E-state index contributed by atoms with van der Waals surface area (Å²) in [5.74, 6) is -0.381. The van der Waals surface area contributed by atoms with Gasteiger partial charge in [0.25, 0.3) is 0 Å². The van der Waals surface area contributed by atoms with E-state index in [1.54, 1.807) is 6.07 Å². The molecule has 2 rings (SSSR count). The largest absolute Gasteiger partial charge is 0.411 e. The Morgan fingerprint density at radius 2 is 2.27 bits per heavy atom. The lowest BCUT2D eigenvalue weighted by Crippen LogP contribution is -1.90. The van der Waals surface area contributed by atoms with Crippen LogP contribution in [0.15, 0.2) is 24.4 Å². The Bertz CT molecular complexity index is 396. The molecule has 4 heteroatoms. The Labute approximate surface area is 61.6 Å². The van der Waals surface area contributed by atoms with Gasteiger partial charge in [-0.1, -0.05) is 0 Å². The zero-order valence-corrected chi connectivity index (χ0v) is 5.53. The maximum absolute atomic E-state index is 12.5. The molecule has 0 saturated heterocycles. The Hall–Kier alpha value is -1.58. The smallest absolute Gasteiger partial charge is 0.125 e. The maximum atomic E-state index is 12.5. The van der Waals surface area contributed by atoms with Gasteiger partial charge in [-0.25, -0.2) is 4.39 Å². The van der Waals surface area contributed by atoms with Crippen LogP contribution in [0.5, 0.6) is 0 Å². The normalized spacial score (nSPS) is 10.6. The molecule has 1 aromatic heterocycles. The molecule has 3 nitrogen and oxygen atoms in total. The average Bonchev–Trinajstić information content (AvgIpc) is 2.33. The van der Waals surface area contributed by atoms with Crippen molar-refractivity contribution < 1.29 is 9.60 Å². The van der Waals surface area contributed by atoms with Gasteiger partial charge in [0.1, 0.15) is 11.3 Å². The number of halogens is 1. The monoisotopic (exact) mass is 152 g/mol. The molecule has 0 unspecified atom stereocenters. The van der Waals surface area contributed by atoms with Gasteiger partial charge in [0.2, 0.25) is 0 Å². The summed E-state index contributed by atoms with van der Waals surface area (Å²) in [7, 11) is 0. The van der Waals surface area contributed by atoms with E-state index < -0.39 is 0 Å². The van der Waals surface area contributed by atoms with Crippen molar-refractivity contribution >= 4 is 10.9 Å². The highest BCUT2D eigenvalue weighted by Gasteiger charge is 2.00. The Balaban J connectivity index is 2.87. The molecule has 0 saturated carbocycles. The number of benzene rings is 1. The van der Waals surface area contributed by atoms with Gasteiger partial charge in [0.15, 0.2) is 0 Å². The fraction of sp³-hybridized carbons (Fsp3) is 0. The van der Waals surface area contributed by atoms with Crippen molar-refractivity contribution in [2.45, 2.75) is 0 Å². The first-order chi connectivity index (χ1) is 5.27. The van der Waals surface area contributed by atoms with E-state index in [2.05, 4.69) is 5.10 Å². The van der Waals surface area contributed by atoms with Gasteiger partial charge in [-0.05, 0) is 12.1 Å². The lowest BCUT2D eigenvalue weighted by atomic mass is 10.2. The molecule has 1 N–H and O–H groups in total. The van der Waals surface area contributed by atoms with E-state index in [1.807, 2.05) is 0 Å². The van der Waals surface area contributed by atoms with Gasteiger partial charge in [-0.15, -0.1) is 9.94 Å². The summed E-state index contributed by atoms with van der Waals surface area (Å²) >= 11 is 0. The standard InChI is InChI=1S/C7H5FN2O/c8-6-2-1-5-4-9-10(11)7(5)3-6/h1-4,11H. The van der Waals surface area contributed by atoms with Crippen LogP contribution in [0.1, 0.15) is 0 Å². The van der Waals surface area contributed by atoms with Gasteiger partial charge in [-0.2, -0.15) is 0 Å². The van der Waals surface area contributed by atoms with Crippen molar-refractivity contribution in [2.24, 2.45) is 0 Å². The molecule has 1 aromatic carbocycles. The molecule has 0 atom stereocenters. The summed E-state index contributed by atoms with van der Waals surface area (Å²) < 4.78 is 12.5. The van der Waals surface area contributed by atoms with E-state index in [-0.39, 0.29) is 5.82 Å². The summed E-state index contributed by atoms with van der Waals surface area (Å²) in [6.45, 7) is 0. The predicted octanol–water partition coefficient (Wildman–Crippen LogP) is 1.41. The van der Waals surface area contributed by atoms with Crippen LogP contribution in [0, 0.1) is 5.82 Å². The van der Waals surface area contributed by atoms with Crippen molar-refractivity contribution in [3.8, 4) is 0 Å². The number of aromatic nitrogens is 2. The fourth-order valence-electron chi connectivity index (χ4n) is 0.978. The summed E-state index contributed by atoms with van der Waals surface area (Å²) in [4.78, 5) is 0.651.